The van der Waals surface area contributed by atoms with E-state index in [0.29, 0.717) is 0 Å². The Hall–Kier alpha value is -0.840. The smallest absolute Gasteiger partial charge is 0.0279 e. The van der Waals surface area contributed by atoms with E-state index in [-0.39, 0.29) is 5.54 Å². The van der Waals surface area contributed by atoms with Crippen LogP contribution in [0.5, 0.6) is 0 Å². The highest BCUT2D eigenvalue weighted by molar-refractivity contribution is 9.10. The summed E-state index contributed by atoms with van der Waals surface area (Å²) >= 11 is 5.33. The third-order valence-electron chi connectivity index (χ3n) is 2.71. The highest BCUT2D eigenvalue weighted by Gasteiger charge is 2.11. The second-order valence-electron chi connectivity index (χ2n) is 5.64. The molecule has 1 N–H and O–H groups in total. The average molecular weight is 351 g/mol. The summed E-state index contributed by atoms with van der Waals surface area (Å²) in [6.07, 6.45) is 3.66. The van der Waals surface area contributed by atoms with Crippen LogP contribution in [0, 0.1) is 0 Å². The zero-order chi connectivity index (χ0) is 14.6. The Kier molecular flexibility index (Phi) is 5.24. The van der Waals surface area contributed by atoms with E-state index in [9.17, 15) is 0 Å². The molecule has 2 aromatic rings. The van der Waals surface area contributed by atoms with Crippen LogP contribution in [-0.2, 0) is 6.54 Å². The zero-order valence-corrected chi connectivity index (χ0v) is 14.4. The molecule has 2 nitrogen and oxygen atoms in total. The van der Waals surface area contributed by atoms with Crippen LogP contribution in [0.25, 0.3) is 0 Å². The molecule has 0 atom stereocenters. The maximum atomic E-state index is 4.06. The predicted molar refractivity (Wildman–Crippen MR) is 89.1 cm³/mol. The summed E-state index contributed by atoms with van der Waals surface area (Å²) in [6, 6.07) is 10.5. The number of nitrogens with zero attached hydrogens (tertiary/aromatic N) is 1. The second-order valence-corrected chi connectivity index (χ2v) is 7.67. The number of aromatic nitrogens is 1. The summed E-state index contributed by atoms with van der Waals surface area (Å²) in [5.41, 5.74) is 1.41. The molecule has 0 unspecified atom stereocenters. The van der Waals surface area contributed by atoms with Gasteiger partial charge in [0.05, 0.1) is 0 Å². The number of rotatable bonds is 4. The molecule has 0 bridgehead atoms. The molecule has 0 aliphatic heterocycles. The third kappa shape index (κ3) is 4.93. The molecular formula is C16H19BrN2S. The molecular weight excluding hydrogens is 332 g/mol. The van der Waals surface area contributed by atoms with E-state index in [4.69, 9.17) is 0 Å². The van der Waals surface area contributed by atoms with Gasteiger partial charge >= 0.3 is 0 Å². The van der Waals surface area contributed by atoms with Crippen molar-refractivity contribution in [3.63, 3.8) is 0 Å². The Labute approximate surface area is 133 Å². The van der Waals surface area contributed by atoms with Crippen LogP contribution >= 0.6 is 27.7 Å². The monoisotopic (exact) mass is 350 g/mol. The molecule has 0 saturated carbocycles. The number of hydrogen-bond acceptors (Lipinski definition) is 3. The van der Waals surface area contributed by atoms with Crippen molar-refractivity contribution in [2.75, 3.05) is 0 Å². The van der Waals surface area contributed by atoms with Crippen molar-refractivity contribution < 1.29 is 0 Å². The maximum Gasteiger partial charge on any atom is 0.0279 e. The minimum absolute atomic E-state index is 0.112. The molecule has 106 valence electrons. The first-order valence-electron chi connectivity index (χ1n) is 6.55. The molecule has 0 amide bonds. The molecule has 0 aliphatic carbocycles. The fourth-order valence-electron chi connectivity index (χ4n) is 1.68. The van der Waals surface area contributed by atoms with Crippen LogP contribution in [0.3, 0.4) is 0 Å². The molecule has 20 heavy (non-hydrogen) atoms. The average Bonchev–Trinajstić information content (AvgIpc) is 2.39. The molecule has 0 radical (unpaired) electrons. The van der Waals surface area contributed by atoms with Gasteiger partial charge in [-0.25, -0.2) is 0 Å². The SMILES string of the molecule is CC(C)(C)NCc1cc(Br)ccc1Sc1ccncc1. The largest absolute Gasteiger partial charge is 0.308 e. The molecule has 0 fully saturated rings. The lowest BCUT2D eigenvalue weighted by atomic mass is 10.1. The van der Waals surface area contributed by atoms with Crippen molar-refractivity contribution >= 4 is 27.7 Å². The minimum Gasteiger partial charge on any atom is -0.308 e. The number of hydrogen-bond donors (Lipinski definition) is 1. The summed E-state index contributed by atoms with van der Waals surface area (Å²) in [7, 11) is 0. The first kappa shape index (κ1) is 15.5. The van der Waals surface area contributed by atoms with Gasteiger partial charge in [0.1, 0.15) is 0 Å². The van der Waals surface area contributed by atoms with Crippen molar-refractivity contribution in [1.82, 2.24) is 10.3 Å². The van der Waals surface area contributed by atoms with Crippen molar-refractivity contribution in [2.24, 2.45) is 0 Å². The van der Waals surface area contributed by atoms with E-state index in [0.717, 1.165) is 11.0 Å². The Morgan fingerprint density at radius 1 is 1.15 bits per heavy atom. The Balaban J connectivity index is 2.19. The van der Waals surface area contributed by atoms with Crippen LogP contribution in [0.1, 0.15) is 26.3 Å². The number of pyridine rings is 1. The molecule has 0 saturated heterocycles. The van der Waals surface area contributed by atoms with Gasteiger partial charge in [-0.15, -0.1) is 0 Å². The van der Waals surface area contributed by atoms with Crippen molar-refractivity contribution in [2.45, 2.75) is 42.6 Å². The fourth-order valence-corrected chi connectivity index (χ4v) is 3.00. The van der Waals surface area contributed by atoms with Crippen molar-refractivity contribution in [1.29, 1.82) is 0 Å². The molecule has 1 aromatic carbocycles. The third-order valence-corrected chi connectivity index (χ3v) is 4.33. The first-order chi connectivity index (χ1) is 9.44. The lowest BCUT2D eigenvalue weighted by Crippen LogP contribution is -2.35. The van der Waals surface area contributed by atoms with Gasteiger partial charge in [0.25, 0.3) is 0 Å². The minimum atomic E-state index is 0.112. The lowest BCUT2D eigenvalue weighted by Gasteiger charge is -2.21. The van der Waals surface area contributed by atoms with Gasteiger partial charge < -0.3 is 5.32 Å². The predicted octanol–water partition coefficient (Wildman–Crippen LogP) is 4.88. The molecule has 1 heterocycles. The van der Waals surface area contributed by atoms with Gasteiger partial charge in [-0.1, -0.05) is 27.7 Å². The van der Waals surface area contributed by atoms with Crippen LogP contribution in [0.4, 0.5) is 0 Å². The number of nitrogens with one attached hydrogen (secondary N) is 1. The van der Waals surface area contributed by atoms with Crippen LogP contribution in [0.15, 0.2) is 57.0 Å². The van der Waals surface area contributed by atoms with Gasteiger partial charge in [0.2, 0.25) is 0 Å². The van der Waals surface area contributed by atoms with E-state index < -0.39 is 0 Å². The highest BCUT2D eigenvalue weighted by Crippen LogP contribution is 2.32. The Morgan fingerprint density at radius 2 is 1.85 bits per heavy atom. The summed E-state index contributed by atoms with van der Waals surface area (Å²) in [5.74, 6) is 0. The molecule has 0 spiro atoms. The summed E-state index contributed by atoms with van der Waals surface area (Å²) in [5, 5.41) is 3.55. The van der Waals surface area contributed by atoms with Gasteiger partial charge in [0, 0.05) is 38.7 Å². The Morgan fingerprint density at radius 3 is 2.50 bits per heavy atom. The van der Waals surface area contributed by atoms with Crippen molar-refractivity contribution in [3.8, 4) is 0 Å². The van der Waals surface area contributed by atoms with E-state index in [1.54, 1.807) is 11.8 Å². The van der Waals surface area contributed by atoms with E-state index >= 15 is 0 Å². The number of benzene rings is 1. The first-order valence-corrected chi connectivity index (χ1v) is 8.16. The van der Waals surface area contributed by atoms with Crippen LogP contribution in [0.2, 0.25) is 0 Å². The van der Waals surface area contributed by atoms with Crippen LogP contribution in [-0.4, -0.2) is 10.5 Å². The van der Waals surface area contributed by atoms with Crippen molar-refractivity contribution in [3.05, 3.63) is 52.8 Å². The summed E-state index contributed by atoms with van der Waals surface area (Å²) < 4.78 is 1.11. The van der Waals surface area contributed by atoms with Crippen LogP contribution < -0.4 is 5.32 Å². The maximum absolute atomic E-state index is 4.06. The molecule has 0 aliphatic rings. The van der Waals surface area contributed by atoms with E-state index in [1.807, 2.05) is 24.5 Å². The summed E-state index contributed by atoms with van der Waals surface area (Å²) in [4.78, 5) is 6.54. The van der Waals surface area contributed by atoms with Gasteiger partial charge in [-0.3, -0.25) is 4.98 Å². The normalized spacial score (nSPS) is 11.6. The molecule has 1 aromatic heterocycles. The van der Waals surface area contributed by atoms with E-state index in [2.05, 4.69) is 65.2 Å². The second kappa shape index (κ2) is 6.74. The van der Waals surface area contributed by atoms with Gasteiger partial charge in [-0.05, 0) is 56.7 Å². The number of halogens is 1. The lowest BCUT2D eigenvalue weighted by molar-refractivity contribution is 0.422. The topological polar surface area (TPSA) is 24.9 Å². The quantitative estimate of drug-likeness (QED) is 0.850. The van der Waals surface area contributed by atoms with E-state index in [1.165, 1.54) is 15.4 Å². The van der Waals surface area contributed by atoms with Gasteiger partial charge in [0.15, 0.2) is 0 Å². The Bertz CT molecular complexity index is 564. The zero-order valence-electron chi connectivity index (χ0n) is 12.0. The fraction of sp³-hybridized carbons (Fsp3) is 0.312. The van der Waals surface area contributed by atoms with Gasteiger partial charge in [-0.2, -0.15) is 0 Å². The molecule has 2 rings (SSSR count). The molecule has 4 heteroatoms. The standard InChI is InChI=1S/C16H19BrN2S/c1-16(2,3)19-11-12-10-13(17)4-5-15(12)20-14-6-8-18-9-7-14/h4-10,19H,11H2,1-3H3. The summed E-state index contributed by atoms with van der Waals surface area (Å²) in [6.45, 7) is 7.40. The highest BCUT2D eigenvalue weighted by atomic mass is 79.9.